The number of thiophene rings is 1. The Morgan fingerprint density at radius 3 is 2.50 bits per heavy atom. The maximum absolute atomic E-state index is 12.9. The number of benzene rings is 1. The van der Waals surface area contributed by atoms with Crippen LogP contribution in [-0.4, -0.2) is 22.5 Å². The van der Waals surface area contributed by atoms with Crippen molar-refractivity contribution in [2.75, 3.05) is 18.4 Å². The van der Waals surface area contributed by atoms with Gasteiger partial charge in [0.15, 0.2) is 0 Å². The SMILES string of the molecule is CNCc1sccc1S(=O)(=O)N(C)c1ccc(F)cc1. The zero-order chi connectivity index (χ0) is 14.8. The fourth-order valence-electron chi connectivity index (χ4n) is 1.79. The van der Waals surface area contributed by atoms with Gasteiger partial charge in [-0.2, -0.15) is 0 Å². The van der Waals surface area contributed by atoms with Crippen molar-refractivity contribution >= 4 is 27.0 Å². The lowest BCUT2D eigenvalue weighted by Crippen LogP contribution is -2.27. The molecular weight excluding hydrogens is 299 g/mol. The number of sulfonamides is 1. The van der Waals surface area contributed by atoms with E-state index < -0.39 is 15.8 Å². The highest BCUT2D eigenvalue weighted by Crippen LogP contribution is 2.27. The van der Waals surface area contributed by atoms with Crippen molar-refractivity contribution in [3.05, 3.63) is 46.4 Å². The Morgan fingerprint density at radius 2 is 1.90 bits per heavy atom. The lowest BCUT2D eigenvalue weighted by molar-refractivity contribution is 0.593. The summed E-state index contributed by atoms with van der Waals surface area (Å²) >= 11 is 1.39. The molecule has 0 spiro atoms. The van der Waals surface area contributed by atoms with Crippen LogP contribution >= 0.6 is 11.3 Å². The van der Waals surface area contributed by atoms with E-state index in [0.717, 1.165) is 9.18 Å². The molecular formula is C13H15FN2O2S2. The molecule has 0 saturated carbocycles. The van der Waals surface area contributed by atoms with Crippen molar-refractivity contribution in [3.63, 3.8) is 0 Å². The van der Waals surface area contributed by atoms with E-state index in [4.69, 9.17) is 0 Å². The molecule has 0 aliphatic carbocycles. The molecule has 0 atom stereocenters. The van der Waals surface area contributed by atoms with Gasteiger partial charge in [0, 0.05) is 18.5 Å². The van der Waals surface area contributed by atoms with E-state index in [1.165, 1.54) is 42.6 Å². The van der Waals surface area contributed by atoms with Gasteiger partial charge in [-0.05, 0) is 42.8 Å². The third kappa shape index (κ3) is 2.84. The van der Waals surface area contributed by atoms with Crippen LogP contribution in [0.4, 0.5) is 10.1 Å². The molecule has 2 aromatic rings. The van der Waals surface area contributed by atoms with Crippen LogP contribution in [0.3, 0.4) is 0 Å². The van der Waals surface area contributed by atoms with Crippen molar-refractivity contribution in [1.29, 1.82) is 0 Å². The highest BCUT2D eigenvalue weighted by atomic mass is 32.2. The highest BCUT2D eigenvalue weighted by Gasteiger charge is 2.25. The summed E-state index contributed by atoms with van der Waals surface area (Å²) in [6.07, 6.45) is 0. The molecule has 1 aromatic heterocycles. The molecule has 0 aliphatic heterocycles. The van der Waals surface area contributed by atoms with Gasteiger partial charge in [-0.3, -0.25) is 4.31 Å². The summed E-state index contributed by atoms with van der Waals surface area (Å²) in [7, 11) is -0.408. The molecule has 0 fully saturated rings. The van der Waals surface area contributed by atoms with Gasteiger partial charge in [0.2, 0.25) is 0 Å². The third-order valence-corrected chi connectivity index (χ3v) is 5.79. The van der Waals surface area contributed by atoms with E-state index in [2.05, 4.69) is 5.32 Å². The molecule has 0 unspecified atom stereocenters. The monoisotopic (exact) mass is 314 g/mol. The summed E-state index contributed by atoms with van der Waals surface area (Å²) < 4.78 is 39.2. The van der Waals surface area contributed by atoms with Gasteiger partial charge in [-0.1, -0.05) is 0 Å². The molecule has 4 nitrogen and oxygen atoms in total. The zero-order valence-corrected chi connectivity index (χ0v) is 12.8. The van der Waals surface area contributed by atoms with Crippen molar-refractivity contribution in [2.45, 2.75) is 11.4 Å². The molecule has 0 bridgehead atoms. The number of nitrogens with one attached hydrogen (secondary N) is 1. The van der Waals surface area contributed by atoms with E-state index in [1.807, 2.05) is 0 Å². The van der Waals surface area contributed by atoms with E-state index in [9.17, 15) is 12.8 Å². The summed E-state index contributed by atoms with van der Waals surface area (Å²) in [5.74, 6) is -0.397. The number of hydrogen-bond acceptors (Lipinski definition) is 4. The first-order valence-corrected chi connectivity index (χ1v) is 8.24. The molecule has 1 heterocycles. The minimum atomic E-state index is -3.63. The van der Waals surface area contributed by atoms with Gasteiger partial charge >= 0.3 is 0 Å². The quantitative estimate of drug-likeness (QED) is 0.922. The maximum Gasteiger partial charge on any atom is 0.265 e. The maximum atomic E-state index is 12.9. The summed E-state index contributed by atoms with van der Waals surface area (Å²) in [6.45, 7) is 0.490. The standard InChI is InChI=1S/C13H15FN2O2S2/c1-15-9-12-13(7-8-19-12)20(17,18)16(2)11-5-3-10(14)4-6-11/h3-8,15H,9H2,1-2H3. The first-order chi connectivity index (χ1) is 9.46. The Labute approximate surface area is 121 Å². The molecule has 0 aliphatic rings. The van der Waals surface area contributed by atoms with Crippen LogP contribution in [0.2, 0.25) is 0 Å². The lowest BCUT2D eigenvalue weighted by Gasteiger charge is -2.19. The number of halogens is 1. The van der Waals surface area contributed by atoms with Gasteiger partial charge in [-0.25, -0.2) is 12.8 Å². The smallest absolute Gasteiger partial charge is 0.265 e. The fourth-order valence-corrected chi connectivity index (χ4v) is 4.41. The Hall–Kier alpha value is -1.44. The summed E-state index contributed by atoms with van der Waals surface area (Å²) in [5, 5.41) is 4.69. The van der Waals surface area contributed by atoms with Crippen LogP contribution in [0.5, 0.6) is 0 Å². The van der Waals surface area contributed by atoms with Gasteiger partial charge in [0.05, 0.1) is 5.69 Å². The first kappa shape index (κ1) is 15.0. The van der Waals surface area contributed by atoms with Crippen molar-refractivity contribution in [1.82, 2.24) is 5.32 Å². The minimum absolute atomic E-state index is 0.281. The molecule has 7 heteroatoms. The van der Waals surface area contributed by atoms with Gasteiger partial charge in [-0.15, -0.1) is 11.3 Å². The van der Waals surface area contributed by atoms with Gasteiger partial charge in [0.1, 0.15) is 10.7 Å². The fraction of sp³-hybridized carbons (Fsp3) is 0.231. The van der Waals surface area contributed by atoms with Crippen LogP contribution < -0.4 is 9.62 Å². The minimum Gasteiger partial charge on any atom is -0.315 e. The summed E-state index contributed by atoms with van der Waals surface area (Å²) in [4.78, 5) is 1.03. The Morgan fingerprint density at radius 1 is 1.25 bits per heavy atom. The van der Waals surface area contributed by atoms with E-state index >= 15 is 0 Å². The van der Waals surface area contributed by atoms with Crippen molar-refractivity contribution in [3.8, 4) is 0 Å². The molecule has 2 rings (SSSR count). The average molecular weight is 314 g/mol. The van der Waals surface area contributed by atoms with Crippen LogP contribution in [0, 0.1) is 5.82 Å². The van der Waals surface area contributed by atoms with E-state index in [1.54, 1.807) is 18.5 Å². The lowest BCUT2D eigenvalue weighted by atomic mass is 10.3. The van der Waals surface area contributed by atoms with Gasteiger partial charge < -0.3 is 5.32 Å². The average Bonchev–Trinajstić information content (AvgIpc) is 2.88. The van der Waals surface area contributed by atoms with Crippen LogP contribution in [0.15, 0.2) is 40.6 Å². The molecule has 1 aromatic carbocycles. The van der Waals surface area contributed by atoms with E-state index in [-0.39, 0.29) is 4.90 Å². The van der Waals surface area contributed by atoms with Crippen molar-refractivity contribution in [2.24, 2.45) is 0 Å². The Balaban J connectivity index is 2.38. The number of anilines is 1. The number of hydrogen-bond donors (Lipinski definition) is 1. The molecule has 0 saturated heterocycles. The molecule has 0 radical (unpaired) electrons. The topological polar surface area (TPSA) is 49.4 Å². The van der Waals surface area contributed by atoms with Gasteiger partial charge in [0.25, 0.3) is 10.0 Å². The predicted octanol–water partition coefficient (Wildman–Crippen LogP) is 2.43. The van der Waals surface area contributed by atoms with E-state index in [0.29, 0.717) is 12.2 Å². The third-order valence-electron chi connectivity index (χ3n) is 2.87. The predicted molar refractivity (Wildman–Crippen MR) is 79.1 cm³/mol. The molecule has 108 valence electrons. The Bertz CT molecular complexity index is 681. The molecule has 0 amide bonds. The molecule has 1 N–H and O–H groups in total. The second-order valence-electron chi connectivity index (χ2n) is 4.19. The zero-order valence-electron chi connectivity index (χ0n) is 11.1. The second kappa shape index (κ2) is 5.90. The highest BCUT2D eigenvalue weighted by molar-refractivity contribution is 7.93. The summed E-state index contributed by atoms with van der Waals surface area (Å²) in [6, 6.07) is 6.95. The largest absolute Gasteiger partial charge is 0.315 e. The van der Waals surface area contributed by atoms with Crippen LogP contribution in [0.1, 0.15) is 4.88 Å². The molecule has 20 heavy (non-hydrogen) atoms. The number of rotatable bonds is 5. The number of nitrogens with zero attached hydrogens (tertiary/aromatic N) is 1. The normalized spacial score (nSPS) is 11.6. The van der Waals surface area contributed by atoms with Crippen LogP contribution in [0.25, 0.3) is 0 Å². The first-order valence-electron chi connectivity index (χ1n) is 5.92. The summed E-state index contributed by atoms with van der Waals surface area (Å²) in [5.41, 5.74) is 0.424. The Kier molecular flexibility index (Phi) is 4.42. The second-order valence-corrected chi connectivity index (χ2v) is 7.13. The van der Waals surface area contributed by atoms with Crippen molar-refractivity contribution < 1.29 is 12.8 Å². The van der Waals surface area contributed by atoms with Crippen LogP contribution in [-0.2, 0) is 16.6 Å².